The Labute approximate surface area is 373 Å². The number of rotatable bonds is 7. The van der Waals surface area contributed by atoms with Crippen molar-refractivity contribution >= 4 is 55.9 Å². The summed E-state index contributed by atoms with van der Waals surface area (Å²) in [6.45, 7) is 0. The molecule has 0 bridgehead atoms. The Morgan fingerprint density at radius 1 is 0.297 bits per heavy atom. The fourth-order valence-electron chi connectivity index (χ4n) is 11.0. The van der Waals surface area contributed by atoms with Crippen LogP contribution in [0.1, 0.15) is 22.3 Å². The second kappa shape index (κ2) is 14.3. The lowest BCUT2D eigenvalue weighted by molar-refractivity contribution is 0.748. The lowest BCUT2D eigenvalue weighted by atomic mass is 9.65. The first-order valence-corrected chi connectivity index (χ1v) is 22.1. The molecule has 3 nitrogen and oxygen atoms in total. The van der Waals surface area contributed by atoms with Crippen LogP contribution < -0.4 is 9.80 Å². The normalized spacial score (nSPS) is 14.3. The number of hydrogen-bond donors (Lipinski definition) is 0. The number of fused-ring (bicyclic) bond motifs is 12. The molecule has 1 spiro atoms. The standard InChI is InChI=1S/C61H41N3/c1-5-19-42(20-6-1)43-21-17-28-47(39-43)63(46-26-11-4-12-27-46)49-36-38-55-53(41-49)52-40-48(62(44-22-7-2-8-23-44)45-24-9-3-10-25-45)35-37-54(52)61(55)56-31-14-16-34-59(56)64-58-33-15-13-29-50(58)51-30-18-32-57(61)60(51)64/h1-41H. The summed E-state index contributed by atoms with van der Waals surface area (Å²) in [6, 6.07) is 91.3. The highest BCUT2D eigenvalue weighted by Crippen LogP contribution is 2.62. The summed E-state index contributed by atoms with van der Waals surface area (Å²) in [4.78, 5) is 4.79. The van der Waals surface area contributed by atoms with Gasteiger partial charge in [0.2, 0.25) is 0 Å². The van der Waals surface area contributed by atoms with E-state index < -0.39 is 5.41 Å². The molecule has 2 aliphatic rings. The van der Waals surface area contributed by atoms with E-state index in [-0.39, 0.29) is 0 Å². The van der Waals surface area contributed by atoms with Gasteiger partial charge in [0.1, 0.15) is 0 Å². The van der Waals surface area contributed by atoms with Gasteiger partial charge in [0, 0.05) is 44.9 Å². The molecule has 1 atom stereocenters. The molecule has 1 aromatic heterocycles. The van der Waals surface area contributed by atoms with Gasteiger partial charge < -0.3 is 14.4 Å². The van der Waals surface area contributed by atoms with Gasteiger partial charge in [-0.3, -0.25) is 0 Å². The number of anilines is 6. The van der Waals surface area contributed by atoms with Crippen LogP contribution in [0.2, 0.25) is 0 Å². The van der Waals surface area contributed by atoms with Crippen molar-refractivity contribution in [3.05, 3.63) is 271 Å². The zero-order valence-electron chi connectivity index (χ0n) is 35.0. The molecule has 0 saturated carbocycles. The zero-order chi connectivity index (χ0) is 42.2. The SMILES string of the molecule is c1ccc(-c2cccc(N(c3ccccc3)c3ccc4c(c3)-c3cc(N(c5ccccc5)c5ccccc5)ccc3C43c4ccccc4-n4c5ccccc5c5cccc3c54)c2)cc1. The van der Waals surface area contributed by atoms with Gasteiger partial charge in [-0.2, -0.15) is 0 Å². The van der Waals surface area contributed by atoms with E-state index in [2.05, 4.69) is 263 Å². The summed E-state index contributed by atoms with van der Waals surface area (Å²) in [5.74, 6) is 0. The van der Waals surface area contributed by atoms with Crippen LogP contribution >= 0.6 is 0 Å². The minimum Gasteiger partial charge on any atom is -0.310 e. The van der Waals surface area contributed by atoms with Gasteiger partial charge in [0.15, 0.2) is 0 Å². The number of hydrogen-bond acceptors (Lipinski definition) is 2. The molecule has 10 aromatic carbocycles. The minimum absolute atomic E-state index is 0.586. The van der Waals surface area contributed by atoms with Crippen molar-refractivity contribution in [2.24, 2.45) is 0 Å². The molecule has 0 saturated heterocycles. The predicted octanol–water partition coefficient (Wildman–Crippen LogP) is 16.1. The summed E-state index contributed by atoms with van der Waals surface area (Å²) >= 11 is 0. The number of para-hydroxylation sites is 6. The molecular formula is C61H41N3. The van der Waals surface area contributed by atoms with Crippen molar-refractivity contribution in [1.29, 1.82) is 0 Å². The topological polar surface area (TPSA) is 11.4 Å². The van der Waals surface area contributed by atoms with Gasteiger partial charge in [0.05, 0.1) is 22.1 Å². The van der Waals surface area contributed by atoms with Gasteiger partial charge in [-0.25, -0.2) is 0 Å². The van der Waals surface area contributed by atoms with Crippen LogP contribution in [0.25, 0.3) is 49.7 Å². The molecule has 1 aliphatic carbocycles. The zero-order valence-corrected chi connectivity index (χ0v) is 35.0. The highest BCUT2D eigenvalue weighted by Gasteiger charge is 2.51. The predicted molar refractivity (Wildman–Crippen MR) is 266 cm³/mol. The molecule has 2 heterocycles. The number of nitrogens with zero attached hydrogens (tertiary/aromatic N) is 3. The first kappa shape index (κ1) is 36.3. The second-order valence-electron chi connectivity index (χ2n) is 16.9. The molecule has 64 heavy (non-hydrogen) atoms. The van der Waals surface area contributed by atoms with Crippen LogP contribution in [0.5, 0.6) is 0 Å². The number of benzene rings is 10. The summed E-state index contributed by atoms with van der Waals surface area (Å²) in [7, 11) is 0. The third-order valence-corrected chi connectivity index (χ3v) is 13.5. The smallest absolute Gasteiger partial charge is 0.0754 e. The Hall–Kier alpha value is -8.40. The van der Waals surface area contributed by atoms with E-state index in [9.17, 15) is 0 Å². The fourth-order valence-corrected chi connectivity index (χ4v) is 11.0. The molecule has 0 amide bonds. The van der Waals surface area contributed by atoms with Gasteiger partial charge in [-0.1, -0.05) is 164 Å². The van der Waals surface area contributed by atoms with E-state index in [0.717, 1.165) is 34.1 Å². The molecule has 11 aromatic rings. The fraction of sp³-hybridized carbons (Fsp3) is 0.0164. The molecule has 3 heteroatoms. The van der Waals surface area contributed by atoms with E-state index in [1.54, 1.807) is 0 Å². The van der Waals surface area contributed by atoms with Crippen molar-refractivity contribution in [3.63, 3.8) is 0 Å². The maximum atomic E-state index is 2.52. The Morgan fingerprint density at radius 3 is 1.39 bits per heavy atom. The average Bonchev–Trinajstić information content (AvgIpc) is 3.85. The van der Waals surface area contributed by atoms with E-state index >= 15 is 0 Å². The van der Waals surface area contributed by atoms with E-state index in [1.807, 2.05) is 0 Å². The van der Waals surface area contributed by atoms with Crippen molar-refractivity contribution in [2.45, 2.75) is 5.41 Å². The first-order valence-electron chi connectivity index (χ1n) is 22.1. The lowest BCUT2D eigenvalue weighted by Crippen LogP contribution is -2.33. The van der Waals surface area contributed by atoms with Gasteiger partial charge in [-0.15, -0.1) is 0 Å². The Kier molecular flexibility index (Phi) is 8.13. The lowest BCUT2D eigenvalue weighted by Gasteiger charge is -2.39. The molecule has 1 aliphatic heterocycles. The Balaban J connectivity index is 1.11. The van der Waals surface area contributed by atoms with Gasteiger partial charge >= 0.3 is 0 Å². The van der Waals surface area contributed by atoms with Crippen molar-refractivity contribution < 1.29 is 0 Å². The van der Waals surface area contributed by atoms with Crippen LogP contribution in [0.4, 0.5) is 34.1 Å². The maximum absolute atomic E-state index is 2.52. The monoisotopic (exact) mass is 815 g/mol. The van der Waals surface area contributed by atoms with Crippen LogP contribution in [0, 0.1) is 0 Å². The van der Waals surface area contributed by atoms with Gasteiger partial charge in [-0.05, 0) is 129 Å². The summed E-state index contributed by atoms with van der Waals surface area (Å²) in [6.07, 6.45) is 0. The van der Waals surface area contributed by atoms with E-state index in [0.29, 0.717) is 0 Å². The van der Waals surface area contributed by atoms with Crippen LogP contribution in [0.3, 0.4) is 0 Å². The largest absolute Gasteiger partial charge is 0.310 e. The highest BCUT2D eigenvalue weighted by atomic mass is 15.1. The first-order chi connectivity index (χ1) is 31.8. The number of aromatic nitrogens is 1. The van der Waals surface area contributed by atoms with E-state index in [1.165, 1.54) is 72.0 Å². The van der Waals surface area contributed by atoms with Gasteiger partial charge in [0.25, 0.3) is 0 Å². The van der Waals surface area contributed by atoms with Crippen molar-refractivity contribution in [3.8, 4) is 27.9 Å². The minimum atomic E-state index is -0.586. The van der Waals surface area contributed by atoms with Crippen molar-refractivity contribution in [2.75, 3.05) is 9.80 Å². The molecule has 0 N–H and O–H groups in total. The van der Waals surface area contributed by atoms with Crippen LogP contribution in [-0.4, -0.2) is 4.57 Å². The summed E-state index contributed by atoms with van der Waals surface area (Å²) in [5.41, 5.74) is 19.8. The molecule has 300 valence electrons. The average molecular weight is 816 g/mol. The highest BCUT2D eigenvalue weighted by molar-refractivity contribution is 6.13. The maximum Gasteiger partial charge on any atom is 0.0754 e. The Morgan fingerprint density at radius 2 is 0.750 bits per heavy atom. The van der Waals surface area contributed by atoms with E-state index in [4.69, 9.17) is 0 Å². The molecule has 13 rings (SSSR count). The molecule has 0 radical (unpaired) electrons. The van der Waals surface area contributed by atoms with Crippen LogP contribution in [-0.2, 0) is 5.41 Å². The van der Waals surface area contributed by atoms with Crippen molar-refractivity contribution in [1.82, 2.24) is 4.57 Å². The molecular weight excluding hydrogens is 775 g/mol. The Bertz CT molecular complexity index is 3520. The second-order valence-corrected chi connectivity index (χ2v) is 16.9. The quantitative estimate of drug-likeness (QED) is 0.159. The van der Waals surface area contributed by atoms with Crippen LogP contribution in [0.15, 0.2) is 249 Å². The third kappa shape index (κ3) is 5.28. The summed E-state index contributed by atoms with van der Waals surface area (Å²) < 4.78 is 2.52. The third-order valence-electron chi connectivity index (χ3n) is 13.5. The molecule has 0 fully saturated rings. The summed E-state index contributed by atoms with van der Waals surface area (Å²) in [5, 5.41) is 2.55. The molecule has 1 unspecified atom stereocenters.